The van der Waals surface area contributed by atoms with Crippen LogP contribution < -0.4 is 5.32 Å². The zero-order chi connectivity index (χ0) is 14.0. The minimum Gasteiger partial charge on any atom is -0.367 e. The zero-order valence-electron chi connectivity index (χ0n) is 12.4. The number of pyridine rings is 1. The summed E-state index contributed by atoms with van der Waals surface area (Å²) in [5.41, 5.74) is 4.72. The average molecular weight is 258 g/mol. The Morgan fingerprint density at radius 1 is 1.26 bits per heavy atom. The van der Waals surface area contributed by atoms with Crippen molar-refractivity contribution in [1.29, 1.82) is 0 Å². The molecule has 0 radical (unpaired) electrons. The Bertz CT molecular complexity index is 572. The van der Waals surface area contributed by atoms with Gasteiger partial charge in [-0.3, -0.25) is 4.68 Å². The second-order valence-corrected chi connectivity index (χ2v) is 5.19. The van der Waals surface area contributed by atoms with Crippen LogP contribution in [0.1, 0.15) is 29.6 Å². The van der Waals surface area contributed by atoms with Crippen LogP contribution in [0.15, 0.2) is 18.2 Å². The van der Waals surface area contributed by atoms with Crippen LogP contribution in [0.25, 0.3) is 0 Å². The highest BCUT2D eigenvalue weighted by molar-refractivity contribution is 5.37. The lowest BCUT2D eigenvalue weighted by Gasteiger charge is -2.15. The summed E-state index contributed by atoms with van der Waals surface area (Å²) in [6, 6.07) is 6.37. The van der Waals surface area contributed by atoms with Gasteiger partial charge in [0, 0.05) is 24.5 Å². The predicted molar refractivity (Wildman–Crippen MR) is 78.4 cm³/mol. The molecule has 0 saturated carbocycles. The molecule has 2 aromatic heterocycles. The molecule has 19 heavy (non-hydrogen) atoms. The fourth-order valence-electron chi connectivity index (χ4n) is 2.35. The number of hydrogen-bond acceptors (Lipinski definition) is 3. The van der Waals surface area contributed by atoms with E-state index in [-0.39, 0.29) is 0 Å². The summed E-state index contributed by atoms with van der Waals surface area (Å²) in [5.74, 6) is 0.937. The average Bonchev–Trinajstić information content (AvgIpc) is 2.56. The zero-order valence-corrected chi connectivity index (χ0v) is 12.4. The van der Waals surface area contributed by atoms with Gasteiger partial charge >= 0.3 is 0 Å². The Morgan fingerprint density at radius 2 is 2.00 bits per heavy atom. The molecule has 0 amide bonds. The number of rotatable bonds is 4. The first-order valence-electron chi connectivity index (χ1n) is 6.66. The van der Waals surface area contributed by atoms with E-state index in [2.05, 4.69) is 36.2 Å². The Hall–Kier alpha value is -1.84. The van der Waals surface area contributed by atoms with Gasteiger partial charge in [0.2, 0.25) is 0 Å². The van der Waals surface area contributed by atoms with Gasteiger partial charge in [-0.1, -0.05) is 6.07 Å². The molecule has 0 spiro atoms. The maximum absolute atomic E-state index is 4.47. The van der Waals surface area contributed by atoms with E-state index in [4.69, 9.17) is 0 Å². The van der Waals surface area contributed by atoms with Crippen molar-refractivity contribution in [2.24, 2.45) is 7.05 Å². The molecule has 0 bridgehead atoms. The van der Waals surface area contributed by atoms with Gasteiger partial charge in [0.25, 0.3) is 0 Å². The molecule has 0 aliphatic heterocycles. The van der Waals surface area contributed by atoms with E-state index in [9.17, 15) is 0 Å². The van der Waals surface area contributed by atoms with Crippen molar-refractivity contribution in [3.05, 3.63) is 40.8 Å². The van der Waals surface area contributed by atoms with Crippen LogP contribution in [0, 0.1) is 20.8 Å². The number of aryl methyl sites for hydroxylation is 3. The van der Waals surface area contributed by atoms with Gasteiger partial charge < -0.3 is 5.32 Å². The van der Waals surface area contributed by atoms with Crippen molar-refractivity contribution in [2.75, 3.05) is 5.32 Å². The van der Waals surface area contributed by atoms with E-state index in [0.29, 0.717) is 6.04 Å². The van der Waals surface area contributed by atoms with Crippen molar-refractivity contribution < 1.29 is 0 Å². The van der Waals surface area contributed by atoms with Crippen LogP contribution >= 0.6 is 0 Å². The van der Waals surface area contributed by atoms with Crippen LogP contribution in [0.5, 0.6) is 0 Å². The van der Waals surface area contributed by atoms with Crippen LogP contribution in [-0.2, 0) is 13.5 Å². The monoisotopic (exact) mass is 258 g/mol. The summed E-state index contributed by atoms with van der Waals surface area (Å²) in [7, 11) is 1.99. The molecule has 4 heteroatoms. The van der Waals surface area contributed by atoms with Crippen LogP contribution in [-0.4, -0.2) is 20.8 Å². The van der Waals surface area contributed by atoms with E-state index in [0.717, 1.165) is 23.6 Å². The van der Waals surface area contributed by atoms with Gasteiger partial charge in [0.1, 0.15) is 5.82 Å². The highest BCUT2D eigenvalue weighted by atomic mass is 15.3. The number of nitrogens with one attached hydrogen (secondary N) is 1. The Labute approximate surface area is 114 Å². The normalized spacial score (nSPS) is 12.5. The minimum absolute atomic E-state index is 0.330. The van der Waals surface area contributed by atoms with Gasteiger partial charge in [0.15, 0.2) is 0 Å². The molecule has 2 aromatic rings. The molecule has 0 unspecified atom stereocenters. The summed E-state index contributed by atoms with van der Waals surface area (Å²) >= 11 is 0. The maximum Gasteiger partial charge on any atom is 0.126 e. The maximum atomic E-state index is 4.47. The summed E-state index contributed by atoms with van der Waals surface area (Å²) in [6.07, 6.45) is 0.959. The molecule has 2 rings (SSSR count). The topological polar surface area (TPSA) is 42.7 Å². The fraction of sp³-hybridized carbons (Fsp3) is 0.467. The highest BCUT2D eigenvalue weighted by Gasteiger charge is 2.13. The first-order valence-corrected chi connectivity index (χ1v) is 6.66. The van der Waals surface area contributed by atoms with Crippen molar-refractivity contribution in [1.82, 2.24) is 14.8 Å². The van der Waals surface area contributed by atoms with Crippen LogP contribution in [0.2, 0.25) is 0 Å². The van der Waals surface area contributed by atoms with Gasteiger partial charge in [-0.25, -0.2) is 4.98 Å². The number of nitrogens with zero attached hydrogens (tertiary/aromatic N) is 3. The quantitative estimate of drug-likeness (QED) is 0.917. The number of anilines is 1. The molecule has 1 atom stereocenters. The molecule has 0 saturated heterocycles. The predicted octanol–water partition coefficient (Wildman–Crippen LogP) is 2.78. The lowest BCUT2D eigenvalue weighted by Crippen LogP contribution is -2.19. The molecule has 102 valence electrons. The van der Waals surface area contributed by atoms with Crippen molar-refractivity contribution >= 4 is 5.82 Å². The third kappa shape index (κ3) is 3.13. The largest absolute Gasteiger partial charge is 0.367 e. The van der Waals surface area contributed by atoms with E-state index < -0.39 is 0 Å². The van der Waals surface area contributed by atoms with E-state index >= 15 is 0 Å². The van der Waals surface area contributed by atoms with Crippen molar-refractivity contribution in [3.63, 3.8) is 0 Å². The van der Waals surface area contributed by atoms with Gasteiger partial charge in [0.05, 0.1) is 5.69 Å². The summed E-state index contributed by atoms with van der Waals surface area (Å²) in [6.45, 7) is 8.37. The first-order chi connectivity index (χ1) is 8.97. The van der Waals surface area contributed by atoms with Crippen LogP contribution in [0.4, 0.5) is 5.82 Å². The third-order valence-electron chi connectivity index (χ3n) is 3.45. The number of aromatic nitrogens is 3. The molecule has 0 aromatic carbocycles. The first kappa shape index (κ1) is 13.6. The molecular formula is C15H22N4. The summed E-state index contributed by atoms with van der Waals surface area (Å²) < 4.78 is 1.95. The fourth-order valence-corrected chi connectivity index (χ4v) is 2.35. The van der Waals surface area contributed by atoms with E-state index in [1.165, 1.54) is 11.3 Å². The minimum atomic E-state index is 0.330. The van der Waals surface area contributed by atoms with Gasteiger partial charge in [-0.05, 0) is 51.8 Å². The molecule has 0 fully saturated rings. The van der Waals surface area contributed by atoms with E-state index in [1.54, 1.807) is 0 Å². The Morgan fingerprint density at radius 3 is 2.58 bits per heavy atom. The Balaban J connectivity index is 2.07. The highest BCUT2D eigenvalue weighted by Crippen LogP contribution is 2.16. The van der Waals surface area contributed by atoms with Crippen LogP contribution in [0.3, 0.4) is 0 Å². The van der Waals surface area contributed by atoms with Gasteiger partial charge in [-0.15, -0.1) is 0 Å². The van der Waals surface area contributed by atoms with E-state index in [1.807, 2.05) is 36.9 Å². The van der Waals surface area contributed by atoms with Gasteiger partial charge in [-0.2, -0.15) is 5.10 Å². The molecule has 1 N–H and O–H groups in total. The second kappa shape index (κ2) is 5.43. The second-order valence-electron chi connectivity index (χ2n) is 5.19. The number of hydrogen-bond donors (Lipinski definition) is 1. The third-order valence-corrected chi connectivity index (χ3v) is 3.45. The molecule has 0 aliphatic carbocycles. The molecular weight excluding hydrogens is 236 g/mol. The molecule has 2 heterocycles. The summed E-state index contributed by atoms with van der Waals surface area (Å²) in [5, 5.41) is 7.90. The van der Waals surface area contributed by atoms with Crippen molar-refractivity contribution in [2.45, 2.75) is 40.2 Å². The Kier molecular flexibility index (Phi) is 3.88. The van der Waals surface area contributed by atoms with Crippen molar-refractivity contribution in [3.8, 4) is 0 Å². The molecule has 0 aliphatic rings. The SMILES string of the molecule is Cc1cccc(N[C@@H](C)Cc2c(C)nn(C)c2C)n1. The lowest BCUT2D eigenvalue weighted by atomic mass is 10.1. The standard InChI is InChI=1S/C15H22N4/c1-10-7-6-8-15(16-10)17-11(2)9-14-12(3)18-19(5)13(14)4/h6-8,11H,9H2,1-5H3,(H,16,17)/t11-/m0/s1. The smallest absolute Gasteiger partial charge is 0.126 e. The molecule has 4 nitrogen and oxygen atoms in total. The lowest BCUT2D eigenvalue weighted by molar-refractivity contribution is 0.726. The summed E-state index contributed by atoms with van der Waals surface area (Å²) in [4.78, 5) is 4.47.